The van der Waals surface area contributed by atoms with Gasteiger partial charge in [0.2, 0.25) is 0 Å². The Labute approximate surface area is 192 Å². The van der Waals surface area contributed by atoms with Crippen molar-refractivity contribution in [2.24, 2.45) is 5.92 Å². The van der Waals surface area contributed by atoms with Gasteiger partial charge in [0, 0.05) is 28.9 Å². The summed E-state index contributed by atoms with van der Waals surface area (Å²) in [7, 11) is 0. The molecule has 0 amide bonds. The second kappa shape index (κ2) is 10.7. The maximum atomic E-state index is 13.9. The zero-order valence-corrected chi connectivity index (χ0v) is 18.3. The summed E-state index contributed by atoms with van der Waals surface area (Å²) in [5.41, 5.74) is 2.58. The number of rotatable bonds is 6. The predicted molar refractivity (Wildman–Crippen MR) is 123 cm³/mol. The highest BCUT2D eigenvalue weighted by Crippen LogP contribution is 2.24. The van der Waals surface area contributed by atoms with Gasteiger partial charge in [0.25, 0.3) is 0 Å². The van der Waals surface area contributed by atoms with Crippen LogP contribution in [-0.4, -0.2) is 19.5 Å². The van der Waals surface area contributed by atoms with Crippen molar-refractivity contribution in [1.29, 1.82) is 0 Å². The lowest BCUT2D eigenvalue weighted by atomic mass is 10.0. The van der Waals surface area contributed by atoms with Gasteiger partial charge in [-0.15, -0.1) is 6.58 Å². The van der Waals surface area contributed by atoms with Gasteiger partial charge in [0.05, 0.1) is 13.2 Å². The quantitative estimate of drug-likeness (QED) is 0.241. The molecule has 33 heavy (non-hydrogen) atoms. The molecule has 0 spiro atoms. The van der Waals surface area contributed by atoms with E-state index in [-0.39, 0.29) is 17.1 Å². The summed E-state index contributed by atoms with van der Waals surface area (Å²) in [6.45, 7) is 5.21. The summed E-state index contributed by atoms with van der Waals surface area (Å²) in [5.74, 6) is 2.63. The lowest BCUT2D eigenvalue weighted by molar-refractivity contribution is -0.203. The van der Waals surface area contributed by atoms with Crippen LogP contribution in [0, 0.1) is 35.2 Å². The normalized spacial score (nSPS) is 18.0. The fourth-order valence-electron chi connectivity index (χ4n) is 3.84. The number of fused-ring (bicyclic) bond motifs is 1. The number of hydrogen-bond acceptors (Lipinski definition) is 2. The highest BCUT2D eigenvalue weighted by atomic mass is 19.2. The third-order valence-corrected chi connectivity index (χ3v) is 5.76. The maximum Gasteiger partial charge on any atom is 0.195 e. The Bertz CT molecular complexity index is 1180. The Morgan fingerprint density at radius 3 is 2.30 bits per heavy atom. The van der Waals surface area contributed by atoms with Gasteiger partial charge in [-0.05, 0) is 60.5 Å². The van der Waals surface area contributed by atoms with Crippen LogP contribution < -0.4 is 0 Å². The van der Waals surface area contributed by atoms with Gasteiger partial charge in [-0.1, -0.05) is 36.1 Å². The fourth-order valence-corrected chi connectivity index (χ4v) is 3.84. The number of benzene rings is 3. The maximum absolute atomic E-state index is 13.9. The highest BCUT2D eigenvalue weighted by molar-refractivity contribution is 5.84. The van der Waals surface area contributed by atoms with Crippen LogP contribution in [-0.2, 0) is 15.9 Å². The molecule has 4 rings (SSSR count). The van der Waals surface area contributed by atoms with Crippen molar-refractivity contribution < 1.29 is 22.6 Å². The number of hydrogen-bond donors (Lipinski definition) is 0. The van der Waals surface area contributed by atoms with Gasteiger partial charge >= 0.3 is 0 Å². The molecular weight excluding hydrogens is 425 g/mol. The molecule has 0 aliphatic carbocycles. The molecule has 1 fully saturated rings. The first-order valence-corrected chi connectivity index (χ1v) is 11.1. The molecule has 2 nitrogen and oxygen atoms in total. The van der Waals surface area contributed by atoms with E-state index in [0.717, 1.165) is 50.5 Å². The molecule has 1 aliphatic rings. The molecule has 0 radical (unpaired) electrons. The van der Waals surface area contributed by atoms with Crippen LogP contribution in [0.3, 0.4) is 0 Å². The lowest BCUT2D eigenvalue weighted by Gasteiger charge is -2.29. The molecule has 1 heterocycles. The van der Waals surface area contributed by atoms with E-state index in [1.165, 1.54) is 11.6 Å². The van der Waals surface area contributed by atoms with Gasteiger partial charge in [-0.2, -0.15) is 0 Å². The smallest absolute Gasteiger partial charge is 0.195 e. The second-order valence-corrected chi connectivity index (χ2v) is 8.24. The first kappa shape index (κ1) is 23.1. The molecule has 0 aromatic heterocycles. The fraction of sp³-hybridized carbons (Fsp3) is 0.286. The average molecular weight is 451 g/mol. The van der Waals surface area contributed by atoms with Crippen LogP contribution >= 0.6 is 0 Å². The molecule has 0 N–H and O–H groups in total. The first-order valence-electron chi connectivity index (χ1n) is 11.1. The van der Waals surface area contributed by atoms with Gasteiger partial charge in [-0.3, -0.25) is 0 Å². The van der Waals surface area contributed by atoms with Crippen molar-refractivity contribution >= 4 is 10.8 Å². The molecule has 5 heteroatoms. The summed E-state index contributed by atoms with van der Waals surface area (Å²) < 4.78 is 52.4. The zero-order chi connectivity index (χ0) is 23.2. The van der Waals surface area contributed by atoms with Crippen molar-refractivity contribution in [1.82, 2.24) is 0 Å². The van der Waals surface area contributed by atoms with Crippen molar-refractivity contribution in [3.05, 3.63) is 95.3 Å². The van der Waals surface area contributed by atoms with E-state index < -0.39 is 17.5 Å². The van der Waals surface area contributed by atoms with E-state index in [4.69, 9.17) is 9.47 Å². The lowest BCUT2D eigenvalue weighted by Crippen LogP contribution is -2.32. The number of ether oxygens (including phenoxy) is 2. The van der Waals surface area contributed by atoms with Gasteiger partial charge < -0.3 is 9.47 Å². The van der Waals surface area contributed by atoms with Crippen LogP contribution in [0.4, 0.5) is 13.2 Å². The topological polar surface area (TPSA) is 18.5 Å². The largest absolute Gasteiger partial charge is 0.352 e. The summed E-state index contributed by atoms with van der Waals surface area (Å²) in [6, 6.07) is 13.5. The van der Waals surface area contributed by atoms with Crippen molar-refractivity contribution in [2.75, 3.05) is 13.2 Å². The van der Waals surface area contributed by atoms with Crippen LogP contribution in [0.2, 0.25) is 0 Å². The average Bonchev–Trinajstić information content (AvgIpc) is 2.84. The van der Waals surface area contributed by atoms with Crippen molar-refractivity contribution in [3.63, 3.8) is 0 Å². The molecule has 170 valence electrons. The minimum Gasteiger partial charge on any atom is -0.352 e. The van der Waals surface area contributed by atoms with Crippen molar-refractivity contribution in [3.8, 4) is 11.8 Å². The molecule has 3 aromatic rings. The third-order valence-electron chi connectivity index (χ3n) is 5.76. The summed E-state index contributed by atoms with van der Waals surface area (Å²) >= 11 is 0. The van der Waals surface area contributed by atoms with Gasteiger partial charge in [0.1, 0.15) is 0 Å². The minimum atomic E-state index is -1.46. The molecule has 3 aromatic carbocycles. The molecule has 0 saturated carbocycles. The van der Waals surface area contributed by atoms with E-state index >= 15 is 0 Å². The Morgan fingerprint density at radius 1 is 0.879 bits per heavy atom. The molecule has 0 bridgehead atoms. The van der Waals surface area contributed by atoms with E-state index in [2.05, 4.69) is 18.4 Å². The van der Waals surface area contributed by atoms with E-state index in [1.807, 2.05) is 30.3 Å². The highest BCUT2D eigenvalue weighted by Gasteiger charge is 2.21. The number of allylic oxidation sites excluding steroid dienone is 1. The Morgan fingerprint density at radius 2 is 1.58 bits per heavy atom. The van der Waals surface area contributed by atoms with Gasteiger partial charge in [0.15, 0.2) is 23.7 Å². The van der Waals surface area contributed by atoms with Crippen LogP contribution in [0.5, 0.6) is 0 Å². The summed E-state index contributed by atoms with van der Waals surface area (Å²) in [5, 5.41) is 0.301. The molecule has 0 atom stereocenters. The second-order valence-electron chi connectivity index (χ2n) is 8.24. The molecule has 1 aliphatic heterocycles. The van der Waals surface area contributed by atoms with Crippen LogP contribution in [0.25, 0.3) is 10.8 Å². The number of aryl methyl sites for hydroxylation is 1. The Kier molecular flexibility index (Phi) is 7.49. The Balaban J connectivity index is 1.33. The minimum absolute atomic E-state index is 0.0296. The third kappa shape index (κ3) is 5.84. The SMILES string of the molecule is C=CCCC1COC(CCc2ccc(C#Cc3ccc4c(F)c(F)c(F)cc4c3)cc2)OC1. The Hall–Kier alpha value is -3.07. The number of halogens is 3. The van der Waals surface area contributed by atoms with Crippen LogP contribution in [0.15, 0.2) is 61.2 Å². The molecule has 1 saturated heterocycles. The van der Waals surface area contributed by atoms with E-state index in [9.17, 15) is 13.2 Å². The zero-order valence-electron chi connectivity index (χ0n) is 18.3. The monoisotopic (exact) mass is 450 g/mol. The van der Waals surface area contributed by atoms with E-state index in [0.29, 0.717) is 11.5 Å². The predicted octanol–water partition coefficient (Wildman–Crippen LogP) is 6.54. The molecule has 0 unspecified atom stereocenters. The van der Waals surface area contributed by atoms with E-state index in [1.54, 1.807) is 12.1 Å². The van der Waals surface area contributed by atoms with Crippen molar-refractivity contribution in [2.45, 2.75) is 32.0 Å². The summed E-state index contributed by atoms with van der Waals surface area (Å²) in [4.78, 5) is 0. The standard InChI is InChI=1S/C28H25F3O2/c1-2-3-4-22-17-32-26(33-18-22)14-12-20-7-5-19(6-8-20)9-10-21-11-13-24-23(15-21)16-25(29)28(31)27(24)30/h2,5-8,11,13,15-16,22,26H,1,3-4,12,14,17-18H2. The van der Waals surface area contributed by atoms with Gasteiger partial charge in [-0.25, -0.2) is 13.2 Å². The molecular formula is C28H25F3O2. The van der Waals surface area contributed by atoms with Crippen LogP contribution in [0.1, 0.15) is 36.0 Å². The first-order chi connectivity index (χ1) is 16.0. The summed E-state index contributed by atoms with van der Waals surface area (Å²) in [6.07, 6.45) is 5.42.